The molecule has 0 aliphatic heterocycles. The van der Waals surface area contributed by atoms with Gasteiger partial charge in [-0.3, -0.25) is 4.98 Å². The van der Waals surface area contributed by atoms with Gasteiger partial charge in [0.25, 0.3) is 5.95 Å². The third kappa shape index (κ3) is 3.02. The first-order valence-electron chi connectivity index (χ1n) is 6.77. The summed E-state index contributed by atoms with van der Waals surface area (Å²) in [5, 5.41) is 7.35. The summed E-state index contributed by atoms with van der Waals surface area (Å²) in [6.07, 6.45) is 7.92. The average molecular weight is 281 g/mol. The summed E-state index contributed by atoms with van der Waals surface area (Å²) in [6.45, 7) is 2.89. The third-order valence-electron chi connectivity index (χ3n) is 2.79. The third-order valence-corrected chi connectivity index (χ3v) is 2.79. The van der Waals surface area contributed by atoms with Crippen LogP contribution in [0, 0.1) is 0 Å². The van der Waals surface area contributed by atoms with Gasteiger partial charge in [0.1, 0.15) is 0 Å². The zero-order valence-electron chi connectivity index (χ0n) is 11.6. The first kappa shape index (κ1) is 13.2. The minimum absolute atomic E-state index is 0.479. The Morgan fingerprint density at radius 2 is 2.10 bits per heavy atom. The molecule has 0 saturated heterocycles. The summed E-state index contributed by atoms with van der Waals surface area (Å²) in [5.74, 6) is 1.59. The molecule has 0 saturated carbocycles. The van der Waals surface area contributed by atoms with E-state index in [-0.39, 0.29) is 0 Å². The molecule has 7 nitrogen and oxygen atoms in total. The fraction of sp³-hybridized carbons (Fsp3) is 0.214. The maximum absolute atomic E-state index is 4.45. The number of rotatable bonds is 5. The highest BCUT2D eigenvalue weighted by atomic mass is 15.4. The molecule has 0 bridgehead atoms. The molecule has 0 amide bonds. The van der Waals surface area contributed by atoms with Gasteiger partial charge in [0.2, 0.25) is 5.95 Å². The molecule has 3 aromatic rings. The zero-order valence-corrected chi connectivity index (χ0v) is 11.6. The van der Waals surface area contributed by atoms with Crippen LogP contribution in [-0.4, -0.2) is 36.3 Å². The summed E-state index contributed by atoms with van der Waals surface area (Å²) in [6, 6.07) is 5.59. The van der Waals surface area contributed by atoms with Crippen molar-refractivity contribution in [1.82, 2.24) is 29.7 Å². The van der Waals surface area contributed by atoms with Crippen molar-refractivity contribution in [3.63, 3.8) is 0 Å². The second-order valence-corrected chi connectivity index (χ2v) is 4.40. The molecule has 1 N–H and O–H groups in total. The molecule has 0 aliphatic rings. The number of anilines is 1. The van der Waals surface area contributed by atoms with Crippen LogP contribution in [-0.2, 0) is 0 Å². The molecule has 0 radical (unpaired) electrons. The lowest BCUT2D eigenvalue weighted by Crippen LogP contribution is -2.11. The summed E-state index contributed by atoms with van der Waals surface area (Å²) in [4.78, 5) is 17.4. The average Bonchev–Trinajstić information content (AvgIpc) is 3.08. The van der Waals surface area contributed by atoms with Gasteiger partial charge in [0.05, 0.1) is 0 Å². The summed E-state index contributed by atoms with van der Waals surface area (Å²) in [7, 11) is 0. The maximum Gasteiger partial charge on any atom is 0.255 e. The molecule has 3 aromatic heterocycles. The SMILES string of the molecule is CCCNc1nc(-c2cccnc2)nc(-n2cccn2)n1. The Kier molecular flexibility index (Phi) is 3.81. The minimum Gasteiger partial charge on any atom is -0.354 e. The van der Waals surface area contributed by atoms with Crippen LogP contribution in [0.4, 0.5) is 5.95 Å². The highest BCUT2D eigenvalue weighted by Crippen LogP contribution is 2.16. The Morgan fingerprint density at radius 3 is 2.81 bits per heavy atom. The Bertz CT molecular complexity index is 695. The van der Waals surface area contributed by atoms with Crippen LogP contribution in [0.2, 0.25) is 0 Å². The van der Waals surface area contributed by atoms with Crippen LogP contribution in [0.25, 0.3) is 17.3 Å². The van der Waals surface area contributed by atoms with E-state index in [4.69, 9.17) is 0 Å². The second kappa shape index (κ2) is 6.08. The first-order chi connectivity index (χ1) is 10.4. The molecule has 0 aliphatic carbocycles. The molecule has 7 heteroatoms. The van der Waals surface area contributed by atoms with Crippen molar-refractivity contribution >= 4 is 5.95 Å². The van der Waals surface area contributed by atoms with E-state index in [9.17, 15) is 0 Å². The maximum atomic E-state index is 4.45. The standard InChI is InChI=1S/C14H15N7/c1-2-6-16-13-18-12(11-5-3-7-15-10-11)19-14(20-13)21-9-4-8-17-21/h3-5,7-10H,2,6H2,1H3,(H,16,18,19,20). The van der Waals surface area contributed by atoms with Crippen molar-refractivity contribution in [3.05, 3.63) is 43.0 Å². The van der Waals surface area contributed by atoms with Crippen LogP contribution in [0.1, 0.15) is 13.3 Å². The van der Waals surface area contributed by atoms with E-state index in [1.165, 1.54) is 0 Å². The van der Waals surface area contributed by atoms with Gasteiger partial charge in [-0.05, 0) is 24.6 Å². The molecule has 3 heterocycles. The van der Waals surface area contributed by atoms with E-state index in [1.807, 2.05) is 18.2 Å². The van der Waals surface area contributed by atoms with Crippen LogP contribution in [0.5, 0.6) is 0 Å². The van der Waals surface area contributed by atoms with Crippen molar-refractivity contribution in [3.8, 4) is 17.3 Å². The van der Waals surface area contributed by atoms with E-state index >= 15 is 0 Å². The fourth-order valence-electron chi connectivity index (χ4n) is 1.79. The van der Waals surface area contributed by atoms with Crippen molar-refractivity contribution < 1.29 is 0 Å². The van der Waals surface area contributed by atoms with Crippen molar-refractivity contribution in [2.75, 3.05) is 11.9 Å². The first-order valence-corrected chi connectivity index (χ1v) is 6.77. The second-order valence-electron chi connectivity index (χ2n) is 4.40. The Morgan fingerprint density at radius 1 is 1.14 bits per heavy atom. The highest BCUT2D eigenvalue weighted by molar-refractivity contribution is 5.55. The van der Waals surface area contributed by atoms with Gasteiger partial charge in [-0.25, -0.2) is 4.68 Å². The number of hydrogen-bond donors (Lipinski definition) is 1. The monoisotopic (exact) mass is 281 g/mol. The van der Waals surface area contributed by atoms with Crippen molar-refractivity contribution in [1.29, 1.82) is 0 Å². The predicted octanol–water partition coefficient (Wildman–Crippen LogP) is 1.94. The smallest absolute Gasteiger partial charge is 0.255 e. The Labute approximate surface area is 122 Å². The van der Waals surface area contributed by atoms with Crippen LogP contribution >= 0.6 is 0 Å². The van der Waals surface area contributed by atoms with Crippen LogP contribution < -0.4 is 5.32 Å². The summed E-state index contributed by atoms with van der Waals surface area (Å²) >= 11 is 0. The van der Waals surface area contributed by atoms with E-state index < -0.39 is 0 Å². The van der Waals surface area contributed by atoms with Crippen molar-refractivity contribution in [2.45, 2.75) is 13.3 Å². The largest absolute Gasteiger partial charge is 0.354 e. The van der Waals surface area contributed by atoms with Crippen molar-refractivity contribution in [2.24, 2.45) is 0 Å². The summed E-state index contributed by atoms with van der Waals surface area (Å²) in [5.41, 5.74) is 0.841. The van der Waals surface area contributed by atoms with Gasteiger partial charge in [0.15, 0.2) is 5.82 Å². The zero-order chi connectivity index (χ0) is 14.5. The molecular weight excluding hydrogens is 266 g/mol. The van der Waals surface area contributed by atoms with E-state index in [2.05, 4.69) is 37.3 Å². The van der Waals surface area contributed by atoms with Gasteiger partial charge in [-0.15, -0.1) is 0 Å². The van der Waals surface area contributed by atoms with Gasteiger partial charge >= 0.3 is 0 Å². The molecule has 3 rings (SSSR count). The summed E-state index contributed by atoms with van der Waals surface area (Å²) < 4.78 is 1.61. The van der Waals surface area contributed by atoms with Gasteiger partial charge in [0, 0.05) is 36.9 Å². The molecule has 0 fully saturated rings. The van der Waals surface area contributed by atoms with E-state index in [0.29, 0.717) is 17.7 Å². The Balaban J connectivity index is 2.05. The van der Waals surface area contributed by atoms with Gasteiger partial charge in [-0.2, -0.15) is 20.1 Å². The molecule has 0 spiro atoms. The van der Waals surface area contributed by atoms with Gasteiger partial charge < -0.3 is 5.32 Å². The van der Waals surface area contributed by atoms with Crippen LogP contribution in [0.3, 0.4) is 0 Å². The normalized spacial score (nSPS) is 10.5. The molecular formula is C14H15N7. The Hall–Kier alpha value is -2.83. The van der Waals surface area contributed by atoms with Crippen LogP contribution in [0.15, 0.2) is 43.0 Å². The number of aromatic nitrogens is 6. The molecule has 0 aromatic carbocycles. The lowest BCUT2D eigenvalue weighted by atomic mass is 10.3. The molecule has 21 heavy (non-hydrogen) atoms. The highest BCUT2D eigenvalue weighted by Gasteiger charge is 2.10. The van der Waals surface area contributed by atoms with E-state index in [0.717, 1.165) is 18.5 Å². The predicted molar refractivity (Wildman–Crippen MR) is 79.0 cm³/mol. The number of nitrogens with zero attached hydrogens (tertiary/aromatic N) is 6. The molecule has 0 atom stereocenters. The topological polar surface area (TPSA) is 81.4 Å². The lowest BCUT2D eigenvalue weighted by molar-refractivity contribution is 0.796. The minimum atomic E-state index is 0.479. The number of hydrogen-bond acceptors (Lipinski definition) is 6. The van der Waals surface area contributed by atoms with E-state index in [1.54, 1.807) is 29.5 Å². The van der Waals surface area contributed by atoms with Gasteiger partial charge in [-0.1, -0.05) is 6.92 Å². The quantitative estimate of drug-likeness (QED) is 0.769. The number of pyridine rings is 1. The molecule has 0 unspecified atom stereocenters. The lowest BCUT2D eigenvalue weighted by Gasteiger charge is -2.08. The fourth-order valence-corrected chi connectivity index (χ4v) is 1.79. The number of nitrogens with one attached hydrogen (secondary N) is 1. The molecule has 106 valence electrons.